The average Bonchev–Trinajstić information content (AvgIpc) is 2.86. The zero-order valence-electron chi connectivity index (χ0n) is 18.6. The van der Waals surface area contributed by atoms with Gasteiger partial charge in [-0.05, 0) is 43.0 Å². The van der Waals surface area contributed by atoms with Crippen LogP contribution in [0.15, 0.2) is 54.6 Å². The van der Waals surface area contributed by atoms with Crippen molar-refractivity contribution in [3.63, 3.8) is 0 Å². The third-order valence-electron chi connectivity index (χ3n) is 5.47. The van der Waals surface area contributed by atoms with Crippen LogP contribution < -0.4 is 5.32 Å². The highest BCUT2D eigenvalue weighted by atomic mass is 16.5. The fraction of sp³-hybridized carbons (Fsp3) is 0.360. The van der Waals surface area contributed by atoms with Crippen LogP contribution in [0, 0.1) is 5.92 Å². The average molecular weight is 453 g/mol. The Morgan fingerprint density at radius 3 is 2.18 bits per heavy atom. The van der Waals surface area contributed by atoms with Crippen molar-refractivity contribution in [2.75, 3.05) is 32.8 Å². The smallest absolute Gasteiger partial charge is 0.325 e. The van der Waals surface area contributed by atoms with Gasteiger partial charge < -0.3 is 19.7 Å². The van der Waals surface area contributed by atoms with Crippen molar-refractivity contribution in [3.8, 4) is 11.1 Å². The van der Waals surface area contributed by atoms with Crippen LogP contribution in [0.2, 0.25) is 0 Å². The van der Waals surface area contributed by atoms with Gasteiger partial charge in [0.05, 0.1) is 12.5 Å². The van der Waals surface area contributed by atoms with Gasteiger partial charge in [-0.1, -0.05) is 42.5 Å². The van der Waals surface area contributed by atoms with Crippen LogP contribution in [0.3, 0.4) is 0 Å². The maximum Gasteiger partial charge on any atom is 0.325 e. The molecular formula is C25H28N2O6. The van der Waals surface area contributed by atoms with Crippen molar-refractivity contribution < 1.29 is 28.7 Å². The van der Waals surface area contributed by atoms with Gasteiger partial charge in [0.2, 0.25) is 0 Å². The number of likely N-dealkylation sites (tertiary alicyclic amines) is 1. The molecule has 0 aromatic heterocycles. The number of carbonyl (C=O) groups excluding carboxylic acids is 4. The van der Waals surface area contributed by atoms with Crippen molar-refractivity contribution in [1.29, 1.82) is 0 Å². The van der Waals surface area contributed by atoms with E-state index >= 15 is 0 Å². The molecule has 0 saturated carbocycles. The minimum absolute atomic E-state index is 0.200. The Kier molecular flexibility index (Phi) is 8.57. The van der Waals surface area contributed by atoms with Crippen LogP contribution in [0.25, 0.3) is 11.1 Å². The molecule has 0 radical (unpaired) electrons. The minimum Gasteiger partial charge on any atom is -0.466 e. The molecule has 2 aromatic rings. The maximum absolute atomic E-state index is 12.3. The van der Waals surface area contributed by atoms with Gasteiger partial charge in [-0.15, -0.1) is 0 Å². The molecule has 8 nitrogen and oxygen atoms in total. The number of rotatable bonds is 8. The summed E-state index contributed by atoms with van der Waals surface area (Å²) in [4.78, 5) is 49.8. The number of benzene rings is 2. The van der Waals surface area contributed by atoms with E-state index < -0.39 is 18.5 Å². The number of esters is 2. The Labute approximate surface area is 192 Å². The third-order valence-corrected chi connectivity index (χ3v) is 5.47. The Hall–Kier alpha value is -3.68. The Balaban J connectivity index is 1.37. The Morgan fingerprint density at radius 2 is 1.55 bits per heavy atom. The van der Waals surface area contributed by atoms with Crippen LogP contribution in [-0.2, 0) is 23.9 Å². The van der Waals surface area contributed by atoms with Crippen molar-refractivity contribution in [2.45, 2.75) is 19.8 Å². The molecular weight excluding hydrogens is 424 g/mol. The predicted octanol–water partition coefficient (Wildman–Crippen LogP) is 2.43. The number of amides is 2. The lowest BCUT2D eigenvalue weighted by atomic mass is 9.97. The molecule has 0 atom stereocenters. The van der Waals surface area contributed by atoms with E-state index in [4.69, 9.17) is 9.47 Å². The van der Waals surface area contributed by atoms with E-state index in [0.29, 0.717) is 38.1 Å². The van der Waals surface area contributed by atoms with Gasteiger partial charge in [0.15, 0.2) is 6.61 Å². The summed E-state index contributed by atoms with van der Waals surface area (Å²) in [6.45, 7) is 2.19. The van der Waals surface area contributed by atoms with Crippen molar-refractivity contribution >= 4 is 23.8 Å². The molecule has 1 N–H and O–H groups in total. The number of nitrogens with one attached hydrogen (secondary N) is 1. The van der Waals surface area contributed by atoms with E-state index in [1.165, 1.54) is 0 Å². The quantitative estimate of drug-likeness (QED) is 0.618. The number of hydrogen-bond donors (Lipinski definition) is 1. The molecule has 2 aromatic carbocycles. The van der Waals surface area contributed by atoms with Crippen LogP contribution in [0.1, 0.15) is 30.1 Å². The zero-order valence-corrected chi connectivity index (χ0v) is 18.6. The maximum atomic E-state index is 12.3. The molecule has 33 heavy (non-hydrogen) atoms. The van der Waals surface area contributed by atoms with Gasteiger partial charge in [-0.3, -0.25) is 19.2 Å². The van der Waals surface area contributed by atoms with Gasteiger partial charge in [0.25, 0.3) is 11.8 Å². The summed E-state index contributed by atoms with van der Waals surface area (Å²) in [6, 6.07) is 16.8. The summed E-state index contributed by atoms with van der Waals surface area (Å²) < 4.78 is 10.0. The summed E-state index contributed by atoms with van der Waals surface area (Å²) in [5.41, 5.74) is 2.45. The lowest BCUT2D eigenvalue weighted by Gasteiger charge is -2.30. The normalized spacial score (nSPS) is 13.8. The highest BCUT2D eigenvalue weighted by Crippen LogP contribution is 2.20. The van der Waals surface area contributed by atoms with E-state index in [9.17, 15) is 19.2 Å². The first kappa shape index (κ1) is 24.0. The number of nitrogens with zero attached hydrogens (tertiary/aromatic N) is 1. The molecule has 0 bridgehead atoms. The van der Waals surface area contributed by atoms with Crippen LogP contribution in [0.5, 0.6) is 0 Å². The monoisotopic (exact) mass is 452 g/mol. The number of ether oxygens (including phenoxy) is 2. The molecule has 1 saturated heterocycles. The molecule has 0 spiro atoms. The summed E-state index contributed by atoms with van der Waals surface area (Å²) >= 11 is 0. The summed E-state index contributed by atoms with van der Waals surface area (Å²) in [6.07, 6.45) is 1.05. The Morgan fingerprint density at radius 1 is 0.909 bits per heavy atom. The van der Waals surface area contributed by atoms with E-state index in [1.807, 2.05) is 42.5 Å². The Bertz CT molecular complexity index is 966. The highest BCUT2D eigenvalue weighted by molar-refractivity contribution is 5.96. The second-order valence-corrected chi connectivity index (χ2v) is 7.69. The molecule has 1 heterocycles. The summed E-state index contributed by atoms with van der Waals surface area (Å²) in [5, 5.41) is 2.50. The predicted molar refractivity (Wildman–Crippen MR) is 121 cm³/mol. The van der Waals surface area contributed by atoms with Crippen LogP contribution in [0.4, 0.5) is 0 Å². The standard InChI is InChI=1S/C25H28N2O6/c1-2-32-25(31)21-12-14-27(15-13-21)22(28)17-33-23(29)16-26-24(30)20-10-8-19(9-11-20)18-6-4-3-5-7-18/h3-11,21H,2,12-17H2,1H3,(H,26,30). The molecule has 2 amide bonds. The fourth-order valence-corrected chi connectivity index (χ4v) is 3.61. The van der Waals surface area contributed by atoms with Gasteiger partial charge in [-0.25, -0.2) is 0 Å². The summed E-state index contributed by atoms with van der Waals surface area (Å²) in [7, 11) is 0. The van der Waals surface area contributed by atoms with E-state index in [0.717, 1.165) is 11.1 Å². The van der Waals surface area contributed by atoms with Crippen LogP contribution >= 0.6 is 0 Å². The second-order valence-electron chi connectivity index (χ2n) is 7.69. The van der Waals surface area contributed by atoms with Crippen molar-refractivity contribution in [2.24, 2.45) is 5.92 Å². The molecule has 174 valence electrons. The first-order valence-electron chi connectivity index (χ1n) is 11.0. The molecule has 1 aliphatic heterocycles. The zero-order chi connectivity index (χ0) is 23.6. The second kappa shape index (κ2) is 11.8. The number of piperidine rings is 1. The SMILES string of the molecule is CCOC(=O)C1CCN(C(=O)COC(=O)CNC(=O)c2ccc(-c3ccccc3)cc2)CC1. The lowest BCUT2D eigenvalue weighted by molar-refractivity contribution is -0.154. The first-order valence-corrected chi connectivity index (χ1v) is 11.0. The fourth-order valence-electron chi connectivity index (χ4n) is 3.61. The molecule has 8 heteroatoms. The molecule has 1 aliphatic rings. The highest BCUT2D eigenvalue weighted by Gasteiger charge is 2.28. The van der Waals surface area contributed by atoms with Gasteiger partial charge in [0, 0.05) is 18.7 Å². The molecule has 0 unspecified atom stereocenters. The molecule has 1 fully saturated rings. The van der Waals surface area contributed by atoms with Gasteiger partial charge in [-0.2, -0.15) is 0 Å². The molecule has 3 rings (SSSR count). The van der Waals surface area contributed by atoms with E-state index in [-0.39, 0.29) is 24.3 Å². The topological polar surface area (TPSA) is 102 Å². The van der Waals surface area contributed by atoms with E-state index in [2.05, 4.69) is 5.32 Å². The van der Waals surface area contributed by atoms with Crippen molar-refractivity contribution in [1.82, 2.24) is 10.2 Å². The first-order chi connectivity index (χ1) is 16.0. The van der Waals surface area contributed by atoms with E-state index in [1.54, 1.807) is 24.0 Å². The minimum atomic E-state index is -0.695. The summed E-state index contributed by atoms with van der Waals surface area (Å²) in [5.74, 6) is -1.86. The largest absolute Gasteiger partial charge is 0.466 e. The molecule has 0 aliphatic carbocycles. The number of carbonyl (C=O) groups is 4. The number of hydrogen-bond acceptors (Lipinski definition) is 6. The third kappa shape index (κ3) is 6.90. The van der Waals surface area contributed by atoms with Crippen molar-refractivity contribution in [3.05, 3.63) is 60.2 Å². The lowest BCUT2D eigenvalue weighted by Crippen LogP contribution is -2.43. The van der Waals surface area contributed by atoms with Gasteiger partial charge in [0.1, 0.15) is 6.54 Å². The van der Waals surface area contributed by atoms with Crippen LogP contribution in [-0.4, -0.2) is 61.5 Å². The van der Waals surface area contributed by atoms with Gasteiger partial charge >= 0.3 is 11.9 Å².